The summed E-state index contributed by atoms with van der Waals surface area (Å²) in [5, 5.41) is 61.4. The van der Waals surface area contributed by atoms with Crippen LogP contribution in [0.2, 0.25) is 0 Å². The number of nitrogen functional groups attached to an aromatic ring is 2. The number of hydrogen-bond acceptors (Lipinski definition) is 30. The van der Waals surface area contributed by atoms with Crippen LogP contribution in [0, 0.1) is 0 Å². The van der Waals surface area contributed by atoms with Crippen LogP contribution in [0.4, 0.5) is 86.1 Å². The van der Waals surface area contributed by atoms with E-state index >= 15 is 0 Å². The van der Waals surface area contributed by atoms with Crippen molar-refractivity contribution >= 4 is 147 Å². The van der Waals surface area contributed by atoms with E-state index in [-0.39, 0.29) is 58.6 Å². The van der Waals surface area contributed by atoms with E-state index < -0.39 is 120 Å². The number of nitrogens with zero attached hydrogens (tertiary/aromatic N) is 9. The largest absolute Gasteiger partial charge is 0.506 e. The molecule has 0 spiro atoms. The minimum atomic E-state index is -5.54. The molecule has 0 saturated heterocycles. The highest BCUT2D eigenvalue weighted by Crippen LogP contribution is 2.49. The number of nitrogens with one attached hydrogen (secondary N) is 6. The molecule has 0 amide bonds. The quantitative estimate of drug-likeness (QED) is 0.0114. The normalized spacial score (nSPS) is 12.6. The SMILES string of the molecule is NCCNCCNCCNc1nc(Nc2cccc(S(=O)(=O)O)c2)nc(Nc2ccc(S(=O)(=O)O)c(/N=N/c3c(S(=O)(=O)O)cc4cc(S(=O)(=O)O)c(/N=N/c5ccc(Nc6ccc(/N=N/c7ccc(N)cc7O)cc6)c(S(=O)(=O)O)c5)c(N)c4c3O)c2)n1. The molecule has 1 heterocycles. The van der Waals surface area contributed by atoms with Gasteiger partial charge < -0.3 is 59.3 Å². The van der Waals surface area contributed by atoms with Crippen molar-refractivity contribution in [2.75, 3.05) is 72.0 Å². The summed E-state index contributed by atoms with van der Waals surface area (Å²) in [6.07, 6.45) is 0. The topological polar surface area (TPSA) is 575 Å². The third-order valence-electron chi connectivity index (χ3n) is 12.0. The van der Waals surface area contributed by atoms with Gasteiger partial charge in [-0.2, -0.15) is 67.3 Å². The molecule has 0 saturated carbocycles. The number of azo groups is 3. The van der Waals surface area contributed by atoms with E-state index in [1.165, 1.54) is 54.6 Å². The number of fused-ring (bicyclic) bond motifs is 1. The van der Waals surface area contributed by atoms with Crippen molar-refractivity contribution in [2.24, 2.45) is 36.4 Å². The van der Waals surface area contributed by atoms with E-state index in [1.807, 2.05) is 0 Å². The molecular weight excluding hydrogens is 1270 g/mol. The smallest absolute Gasteiger partial charge is 0.296 e. The molecule has 8 rings (SSSR count). The second kappa shape index (κ2) is 26.8. The second-order valence-electron chi connectivity index (χ2n) is 18.4. The van der Waals surface area contributed by atoms with Gasteiger partial charge in [-0.05, 0) is 109 Å². The van der Waals surface area contributed by atoms with Gasteiger partial charge in [0.05, 0.1) is 33.0 Å². The first-order valence-electron chi connectivity index (χ1n) is 25.1. The van der Waals surface area contributed by atoms with Gasteiger partial charge in [0.15, 0.2) is 5.75 Å². The van der Waals surface area contributed by atoms with Gasteiger partial charge in [0.25, 0.3) is 50.6 Å². The minimum Gasteiger partial charge on any atom is -0.506 e. The Bertz CT molecular complexity index is 4740. The van der Waals surface area contributed by atoms with Gasteiger partial charge >= 0.3 is 0 Å². The van der Waals surface area contributed by atoms with E-state index in [0.717, 1.165) is 48.5 Å². The average Bonchev–Trinajstić information content (AvgIpc) is 0.856. The molecule has 35 nitrogen and oxygen atoms in total. The Morgan fingerprint density at radius 3 is 1.62 bits per heavy atom. The minimum absolute atomic E-state index is 0.0693. The Kier molecular flexibility index (Phi) is 19.7. The van der Waals surface area contributed by atoms with Crippen LogP contribution in [-0.4, -0.2) is 129 Å². The molecule has 89 heavy (non-hydrogen) atoms. The van der Waals surface area contributed by atoms with Gasteiger partial charge in [0.2, 0.25) is 17.8 Å². The van der Waals surface area contributed by atoms with Crippen molar-refractivity contribution in [1.29, 1.82) is 0 Å². The van der Waals surface area contributed by atoms with E-state index in [2.05, 4.69) is 77.5 Å². The fourth-order valence-corrected chi connectivity index (χ4v) is 11.1. The van der Waals surface area contributed by atoms with Crippen LogP contribution in [0.1, 0.15) is 0 Å². The second-order valence-corrected chi connectivity index (χ2v) is 25.3. The first-order chi connectivity index (χ1) is 41.8. The lowest BCUT2D eigenvalue weighted by Gasteiger charge is -2.14. The maximum Gasteiger partial charge on any atom is 0.296 e. The lowest BCUT2D eigenvalue weighted by atomic mass is 10.1. The number of aromatic nitrogens is 3. The molecular formula is C49H50N18O17S5. The van der Waals surface area contributed by atoms with Crippen LogP contribution < -0.4 is 49.1 Å². The van der Waals surface area contributed by atoms with E-state index in [1.54, 1.807) is 0 Å². The van der Waals surface area contributed by atoms with Crippen LogP contribution in [-0.2, 0) is 50.6 Å². The standard InChI is InChI=1S/C49H50N18O17S5/c50-14-15-53-16-17-54-18-19-55-47-59-48(57-30-2-1-3-33(23-30)85(70,71)72)61-49(60-47)58-31-10-13-38(86(73,74)75)36(24-31)65-67-45-41(89(82,83)84)21-26-20-40(88(79,80)81)44(43(52)42(26)46(45)69)66-63-32-9-12-35(39(25-32)87(76,77)78)56-28-5-7-29(8-6-28)62-64-34-11-4-27(51)22-37(34)68/h1-13,20-25,53-54,56,68-69H,14-19,50-52H2,(H,70,71,72)(H,73,74,75)(H,76,77,78)(H,79,80,81)(H,82,83,84)(H3,55,57,58,59,60,61)/b64-62+,66-63+,67-65+. The molecule has 0 aliphatic heterocycles. The van der Waals surface area contributed by atoms with Gasteiger partial charge in [-0.15, -0.1) is 20.5 Å². The molecule has 0 aliphatic carbocycles. The summed E-state index contributed by atoms with van der Waals surface area (Å²) in [5.41, 5.74) is 14.0. The molecule has 7 aromatic carbocycles. The lowest BCUT2D eigenvalue weighted by molar-refractivity contribution is 0.472. The van der Waals surface area contributed by atoms with E-state index in [9.17, 15) is 75.1 Å². The summed E-state index contributed by atoms with van der Waals surface area (Å²) < 4.78 is 177. The van der Waals surface area contributed by atoms with Crippen molar-refractivity contribution in [2.45, 2.75) is 24.5 Å². The third kappa shape index (κ3) is 16.9. The zero-order valence-electron chi connectivity index (χ0n) is 45.2. The third-order valence-corrected chi connectivity index (χ3v) is 16.3. The Labute approximate surface area is 505 Å². The highest BCUT2D eigenvalue weighted by molar-refractivity contribution is 7.87. The summed E-state index contributed by atoms with van der Waals surface area (Å²) in [7, 11) is -25.9. The van der Waals surface area contributed by atoms with Crippen molar-refractivity contribution in [3.05, 3.63) is 115 Å². The molecule has 468 valence electrons. The zero-order valence-corrected chi connectivity index (χ0v) is 49.3. The predicted molar refractivity (Wildman–Crippen MR) is 323 cm³/mol. The molecule has 0 unspecified atom stereocenters. The van der Waals surface area contributed by atoms with Crippen LogP contribution in [0.25, 0.3) is 10.8 Å². The fourth-order valence-electron chi connectivity index (χ4n) is 7.95. The van der Waals surface area contributed by atoms with Gasteiger partial charge in [0.1, 0.15) is 48.1 Å². The number of nitrogens with two attached hydrogens (primary N) is 3. The Morgan fingerprint density at radius 1 is 0.449 bits per heavy atom. The van der Waals surface area contributed by atoms with Gasteiger partial charge in [0, 0.05) is 68.1 Å². The lowest BCUT2D eigenvalue weighted by Crippen LogP contribution is -2.32. The maximum atomic E-state index is 12.9. The number of phenols is 2. The van der Waals surface area contributed by atoms with Crippen molar-refractivity contribution in [3.63, 3.8) is 0 Å². The fraction of sp³-hybridized carbons (Fsp3) is 0.122. The van der Waals surface area contributed by atoms with E-state index in [4.69, 9.17) is 17.2 Å². The Balaban J connectivity index is 1.13. The van der Waals surface area contributed by atoms with E-state index in [0.29, 0.717) is 56.2 Å². The summed E-state index contributed by atoms with van der Waals surface area (Å²) >= 11 is 0. The molecule has 0 radical (unpaired) electrons. The number of anilines is 9. The van der Waals surface area contributed by atoms with Crippen LogP contribution in [0.3, 0.4) is 0 Å². The van der Waals surface area contributed by atoms with Crippen molar-refractivity contribution in [3.8, 4) is 11.5 Å². The molecule has 0 atom stereocenters. The molecule has 8 aromatic rings. The molecule has 40 heteroatoms. The first-order valence-corrected chi connectivity index (χ1v) is 32.3. The van der Waals surface area contributed by atoms with Crippen LogP contribution in [0.15, 0.2) is 170 Å². The number of aromatic hydroxyl groups is 2. The average molecular weight is 1320 g/mol. The van der Waals surface area contributed by atoms with Crippen molar-refractivity contribution in [1.82, 2.24) is 25.6 Å². The summed E-state index contributed by atoms with van der Waals surface area (Å²) in [4.78, 5) is 8.19. The predicted octanol–water partition coefficient (Wildman–Crippen LogP) is 6.86. The Morgan fingerprint density at radius 2 is 1.00 bits per heavy atom. The molecule has 0 aliphatic rings. The summed E-state index contributed by atoms with van der Waals surface area (Å²) in [6.45, 7) is 2.88. The molecule has 1 aromatic heterocycles. The zero-order chi connectivity index (χ0) is 64.6. The number of hydrogen-bond donors (Lipinski definition) is 16. The maximum absolute atomic E-state index is 12.9. The summed E-state index contributed by atoms with van der Waals surface area (Å²) in [5.74, 6) is -2.08. The van der Waals surface area contributed by atoms with Crippen LogP contribution in [0.5, 0.6) is 11.5 Å². The molecule has 0 bridgehead atoms. The van der Waals surface area contributed by atoms with Gasteiger partial charge in [-0.1, -0.05) is 6.07 Å². The monoisotopic (exact) mass is 1320 g/mol. The Hall–Kier alpha value is -9.56. The van der Waals surface area contributed by atoms with Gasteiger partial charge in [-0.3, -0.25) is 22.8 Å². The molecule has 19 N–H and O–H groups in total. The van der Waals surface area contributed by atoms with Crippen LogP contribution >= 0.6 is 0 Å². The number of phenolic OH excluding ortho intramolecular Hbond substituents is 2. The van der Waals surface area contributed by atoms with Gasteiger partial charge in [-0.25, -0.2) is 0 Å². The highest BCUT2D eigenvalue weighted by Gasteiger charge is 2.29. The summed E-state index contributed by atoms with van der Waals surface area (Å²) in [6, 6.07) is 22.0. The first kappa shape index (κ1) is 65.4. The highest BCUT2D eigenvalue weighted by atomic mass is 32.2. The number of rotatable bonds is 26. The molecule has 0 fully saturated rings. The number of benzene rings is 7. The van der Waals surface area contributed by atoms with Crippen molar-refractivity contribution < 1.29 is 75.1 Å².